The number of aromatic amines is 1. The van der Waals surface area contributed by atoms with Crippen LogP contribution in [-0.2, 0) is 13.5 Å². The van der Waals surface area contributed by atoms with Crippen molar-refractivity contribution in [3.8, 4) is 0 Å². The number of nitrogens with two attached hydrogens (primary N) is 1. The van der Waals surface area contributed by atoms with Gasteiger partial charge in [-0.1, -0.05) is 19.3 Å². The maximum atomic E-state index is 11.9. The summed E-state index contributed by atoms with van der Waals surface area (Å²) >= 11 is 0. The fourth-order valence-corrected chi connectivity index (χ4v) is 2.73. The van der Waals surface area contributed by atoms with Gasteiger partial charge >= 0.3 is 0 Å². The van der Waals surface area contributed by atoms with E-state index >= 15 is 0 Å². The van der Waals surface area contributed by atoms with Crippen molar-refractivity contribution in [1.29, 1.82) is 0 Å². The smallest absolute Gasteiger partial charge is 0.269 e. The second-order valence-corrected chi connectivity index (χ2v) is 4.74. The van der Waals surface area contributed by atoms with Crippen LogP contribution in [0, 0.1) is 0 Å². The first kappa shape index (κ1) is 11.5. The molecule has 1 saturated carbocycles. The zero-order chi connectivity index (χ0) is 11.5. The third-order valence-corrected chi connectivity index (χ3v) is 3.58. The molecule has 1 fully saturated rings. The second kappa shape index (κ2) is 4.87. The van der Waals surface area contributed by atoms with E-state index in [0.717, 1.165) is 11.3 Å². The van der Waals surface area contributed by atoms with Crippen molar-refractivity contribution in [3.63, 3.8) is 0 Å². The van der Waals surface area contributed by atoms with E-state index in [-0.39, 0.29) is 5.56 Å². The maximum absolute atomic E-state index is 11.9. The van der Waals surface area contributed by atoms with E-state index in [0.29, 0.717) is 18.9 Å². The Morgan fingerprint density at radius 1 is 1.38 bits per heavy atom. The molecular weight excluding hydrogens is 202 g/mol. The van der Waals surface area contributed by atoms with Crippen LogP contribution in [0.3, 0.4) is 0 Å². The lowest BCUT2D eigenvalue weighted by Crippen LogP contribution is -2.18. The van der Waals surface area contributed by atoms with Crippen molar-refractivity contribution in [1.82, 2.24) is 9.78 Å². The van der Waals surface area contributed by atoms with Crippen LogP contribution in [0.4, 0.5) is 0 Å². The number of hydrogen-bond donors (Lipinski definition) is 2. The highest BCUT2D eigenvalue weighted by atomic mass is 16.1. The molecule has 0 unspecified atom stereocenters. The number of nitrogens with one attached hydrogen (secondary N) is 1. The third kappa shape index (κ3) is 2.07. The van der Waals surface area contributed by atoms with Gasteiger partial charge in [0.25, 0.3) is 5.56 Å². The summed E-state index contributed by atoms with van der Waals surface area (Å²) in [6.45, 7) is 0.548. The van der Waals surface area contributed by atoms with E-state index in [1.807, 2.05) is 0 Å². The van der Waals surface area contributed by atoms with Gasteiger partial charge in [-0.05, 0) is 25.8 Å². The van der Waals surface area contributed by atoms with E-state index in [2.05, 4.69) is 5.10 Å². The van der Waals surface area contributed by atoms with Crippen molar-refractivity contribution in [2.45, 2.75) is 44.4 Å². The van der Waals surface area contributed by atoms with Crippen LogP contribution in [0.2, 0.25) is 0 Å². The van der Waals surface area contributed by atoms with Gasteiger partial charge in [0, 0.05) is 24.2 Å². The SMILES string of the molecule is Cn1[nH]c(C2CCCCC2)c(CCN)c1=O. The minimum atomic E-state index is 0.103. The summed E-state index contributed by atoms with van der Waals surface area (Å²) in [4.78, 5) is 11.9. The minimum Gasteiger partial charge on any atom is -0.330 e. The fourth-order valence-electron chi connectivity index (χ4n) is 2.73. The molecule has 0 atom stereocenters. The molecule has 0 radical (unpaired) electrons. The molecule has 0 spiro atoms. The van der Waals surface area contributed by atoms with Gasteiger partial charge in [-0.2, -0.15) is 0 Å². The van der Waals surface area contributed by atoms with Crippen molar-refractivity contribution in [2.75, 3.05) is 6.54 Å². The van der Waals surface area contributed by atoms with Gasteiger partial charge in [0.05, 0.1) is 0 Å². The molecule has 90 valence electrons. The van der Waals surface area contributed by atoms with E-state index in [1.54, 1.807) is 11.7 Å². The van der Waals surface area contributed by atoms with Crippen LogP contribution in [-0.4, -0.2) is 16.3 Å². The first-order valence-corrected chi connectivity index (χ1v) is 6.22. The molecule has 0 amide bonds. The predicted molar refractivity (Wildman–Crippen MR) is 64.6 cm³/mol. The molecule has 0 aliphatic heterocycles. The van der Waals surface area contributed by atoms with Crippen LogP contribution in [0.5, 0.6) is 0 Å². The van der Waals surface area contributed by atoms with Gasteiger partial charge in [-0.3, -0.25) is 14.6 Å². The topological polar surface area (TPSA) is 63.8 Å². The molecule has 0 aromatic carbocycles. The van der Waals surface area contributed by atoms with Gasteiger partial charge in [0.2, 0.25) is 0 Å². The normalized spacial score (nSPS) is 17.9. The zero-order valence-corrected chi connectivity index (χ0v) is 9.96. The highest BCUT2D eigenvalue weighted by Crippen LogP contribution is 2.32. The van der Waals surface area contributed by atoms with Crippen molar-refractivity contribution >= 4 is 0 Å². The molecule has 4 heteroatoms. The molecule has 16 heavy (non-hydrogen) atoms. The minimum absolute atomic E-state index is 0.103. The molecule has 1 heterocycles. The number of aryl methyl sites for hydroxylation is 1. The summed E-state index contributed by atoms with van der Waals surface area (Å²) in [7, 11) is 1.79. The fraction of sp³-hybridized carbons (Fsp3) is 0.750. The van der Waals surface area contributed by atoms with Crippen LogP contribution >= 0.6 is 0 Å². The average Bonchev–Trinajstić information content (AvgIpc) is 2.59. The largest absolute Gasteiger partial charge is 0.330 e. The Morgan fingerprint density at radius 3 is 2.69 bits per heavy atom. The summed E-state index contributed by atoms with van der Waals surface area (Å²) < 4.78 is 1.59. The van der Waals surface area contributed by atoms with E-state index < -0.39 is 0 Å². The van der Waals surface area contributed by atoms with Gasteiger partial charge in [0.1, 0.15) is 0 Å². The lowest BCUT2D eigenvalue weighted by Gasteiger charge is -2.21. The summed E-state index contributed by atoms with van der Waals surface area (Å²) in [6.07, 6.45) is 7.00. The zero-order valence-electron chi connectivity index (χ0n) is 9.96. The molecule has 0 bridgehead atoms. The Kier molecular flexibility index (Phi) is 3.49. The standard InChI is InChI=1S/C12H21N3O/c1-15-12(16)10(7-8-13)11(14-15)9-5-3-2-4-6-9/h9,14H,2-8,13H2,1H3. The number of hydrogen-bond acceptors (Lipinski definition) is 2. The Morgan fingerprint density at radius 2 is 2.06 bits per heavy atom. The van der Waals surface area contributed by atoms with Crippen LogP contribution in [0.1, 0.15) is 49.3 Å². The lowest BCUT2D eigenvalue weighted by atomic mass is 9.85. The van der Waals surface area contributed by atoms with Crippen molar-refractivity contribution in [3.05, 3.63) is 21.6 Å². The molecule has 1 aromatic heterocycles. The monoisotopic (exact) mass is 223 g/mol. The average molecular weight is 223 g/mol. The van der Waals surface area contributed by atoms with Crippen molar-refractivity contribution in [2.24, 2.45) is 12.8 Å². The number of aromatic nitrogens is 2. The first-order chi connectivity index (χ1) is 7.74. The van der Waals surface area contributed by atoms with Crippen LogP contribution in [0.15, 0.2) is 4.79 Å². The molecular formula is C12H21N3O. The number of H-pyrrole nitrogens is 1. The summed E-state index contributed by atoms with van der Waals surface area (Å²) in [5, 5.41) is 3.22. The highest BCUT2D eigenvalue weighted by Gasteiger charge is 2.22. The Balaban J connectivity index is 2.31. The summed E-state index contributed by atoms with van der Waals surface area (Å²) in [5.74, 6) is 0.546. The molecule has 3 N–H and O–H groups in total. The maximum Gasteiger partial charge on any atom is 0.269 e. The molecule has 1 aromatic rings. The van der Waals surface area contributed by atoms with Crippen LogP contribution in [0.25, 0.3) is 0 Å². The quantitative estimate of drug-likeness (QED) is 0.810. The van der Waals surface area contributed by atoms with E-state index in [9.17, 15) is 4.79 Å². The molecule has 1 aliphatic carbocycles. The van der Waals surface area contributed by atoms with Gasteiger partial charge in [-0.15, -0.1) is 0 Å². The Labute approximate surface area is 95.8 Å². The van der Waals surface area contributed by atoms with Crippen molar-refractivity contribution < 1.29 is 0 Å². The van der Waals surface area contributed by atoms with Crippen LogP contribution < -0.4 is 11.3 Å². The lowest BCUT2D eigenvalue weighted by molar-refractivity contribution is 0.432. The predicted octanol–water partition coefficient (Wildman–Crippen LogP) is 1.26. The van der Waals surface area contributed by atoms with Gasteiger partial charge in [0.15, 0.2) is 0 Å². The van der Waals surface area contributed by atoms with E-state index in [1.165, 1.54) is 32.1 Å². The van der Waals surface area contributed by atoms with Gasteiger partial charge < -0.3 is 5.73 Å². The molecule has 4 nitrogen and oxygen atoms in total. The Bertz CT molecular complexity index is 399. The number of nitrogens with zero attached hydrogens (tertiary/aromatic N) is 1. The molecule has 2 rings (SSSR count). The van der Waals surface area contributed by atoms with Gasteiger partial charge in [-0.25, -0.2) is 0 Å². The summed E-state index contributed by atoms with van der Waals surface area (Å²) in [6, 6.07) is 0. The second-order valence-electron chi connectivity index (χ2n) is 4.74. The Hall–Kier alpha value is -1.03. The molecule has 1 aliphatic rings. The summed E-state index contributed by atoms with van der Waals surface area (Å²) in [5.41, 5.74) is 7.74. The van der Waals surface area contributed by atoms with E-state index in [4.69, 9.17) is 5.73 Å². The third-order valence-electron chi connectivity index (χ3n) is 3.58. The highest BCUT2D eigenvalue weighted by molar-refractivity contribution is 5.22. The first-order valence-electron chi connectivity index (χ1n) is 6.22. The molecule has 0 saturated heterocycles. The number of rotatable bonds is 3.